The van der Waals surface area contributed by atoms with Crippen molar-refractivity contribution in [3.63, 3.8) is 0 Å². The van der Waals surface area contributed by atoms with Crippen LogP contribution in [0, 0.1) is 0 Å². The monoisotopic (exact) mass is 479 g/mol. The van der Waals surface area contributed by atoms with Crippen molar-refractivity contribution in [2.24, 2.45) is 5.73 Å². The van der Waals surface area contributed by atoms with Gasteiger partial charge in [-0.3, -0.25) is 4.72 Å². The lowest BCUT2D eigenvalue weighted by molar-refractivity contribution is 0.0819. The van der Waals surface area contributed by atoms with Gasteiger partial charge in [0.25, 0.3) is 6.43 Å². The molecule has 33 heavy (non-hydrogen) atoms. The van der Waals surface area contributed by atoms with Gasteiger partial charge < -0.3 is 15.4 Å². The Bertz CT molecular complexity index is 1100. The first-order valence-electron chi connectivity index (χ1n) is 11.2. The molecule has 1 heterocycles. The van der Waals surface area contributed by atoms with Crippen LogP contribution in [-0.4, -0.2) is 32.2 Å². The molecule has 3 N–H and O–H groups in total. The van der Waals surface area contributed by atoms with E-state index in [-0.39, 0.29) is 12.1 Å². The second-order valence-electron chi connectivity index (χ2n) is 9.73. The lowest BCUT2D eigenvalue weighted by atomic mass is 9.89. The molecule has 180 valence electrons. The van der Waals surface area contributed by atoms with Crippen LogP contribution in [0.1, 0.15) is 63.2 Å². The predicted molar refractivity (Wildman–Crippen MR) is 126 cm³/mol. The van der Waals surface area contributed by atoms with E-state index < -0.39 is 27.8 Å². The minimum atomic E-state index is -3.52. The molecule has 1 aliphatic carbocycles. The van der Waals surface area contributed by atoms with Gasteiger partial charge in [0.15, 0.2) is 0 Å². The molecule has 0 spiro atoms. The maximum absolute atomic E-state index is 12.6. The molecule has 0 saturated heterocycles. The minimum Gasteiger partial charge on any atom is -0.488 e. The van der Waals surface area contributed by atoms with Gasteiger partial charge in [0, 0.05) is 23.5 Å². The first-order valence-corrected chi connectivity index (χ1v) is 12.7. The number of hydrogen-bond donors (Lipinski definition) is 2. The van der Waals surface area contributed by atoms with E-state index in [0.29, 0.717) is 17.5 Å². The van der Waals surface area contributed by atoms with Crippen LogP contribution in [0.15, 0.2) is 42.5 Å². The Labute approximate surface area is 194 Å². The van der Waals surface area contributed by atoms with E-state index in [1.54, 1.807) is 39.0 Å². The summed E-state index contributed by atoms with van der Waals surface area (Å²) in [4.78, 5) is 2.28. The Morgan fingerprint density at radius 3 is 2.36 bits per heavy atom. The van der Waals surface area contributed by atoms with Gasteiger partial charge in [-0.15, -0.1) is 0 Å². The van der Waals surface area contributed by atoms with Crippen molar-refractivity contribution in [2.75, 3.05) is 16.2 Å². The summed E-state index contributed by atoms with van der Waals surface area (Å²) < 4.78 is 57.2. The molecule has 0 bridgehead atoms. The zero-order chi connectivity index (χ0) is 24.0. The zero-order valence-electron chi connectivity index (χ0n) is 19.1. The molecule has 2 unspecified atom stereocenters. The van der Waals surface area contributed by atoms with Crippen molar-refractivity contribution in [2.45, 2.75) is 69.3 Å². The Morgan fingerprint density at radius 1 is 1.15 bits per heavy atom. The molecule has 2 aromatic rings. The van der Waals surface area contributed by atoms with Crippen molar-refractivity contribution >= 4 is 21.4 Å². The lowest BCUT2D eigenvalue weighted by Gasteiger charge is -2.41. The molecular weight excluding hydrogens is 448 g/mol. The van der Waals surface area contributed by atoms with Crippen LogP contribution in [0.2, 0.25) is 0 Å². The smallest absolute Gasteiger partial charge is 0.272 e. The van der Waals surface area contributed by atoms with E-state index in [2.05, 4.69) is 9.62 Å². The second kappa shape index (κ2) is 8.76. The number of hydrogen-bond acceptors (Lipinski definition) is 5. The van der Waals surface area contributed by atoms with E-state index in [1.165, 1.54) is 0 Å². The third-order valence-corrected chi connectivity index (χ3v) is 8.55. The van der Waals surface area contributed by atoms with Crippen molar-refractivity contribution in [1.82, 2.24) is 0 Å². The highest BCUT2D eigenvalue weighted by Crippen LogP contribution is 2.51. The summed E-state index contributed by atoms with van der Waals surface area (Å²) in [5.41, 5.74) is 10.0. The number of rotatable bonds is 7. The quantitative estimate of drug-likeness (QED) is 0.585. The molecular formula is C24H31F2N3O3S. The summed E-state index contributed by atoms with van der Waals surface area (Å²) >= 11 is 0. The van der Waals surface area contributed by atoms with Crippen LogP contribution < -0.4 is 20.1 Å². The lowest BCUT2D eigenvalue weighted by Crippen LogP contribution is -2.42. The maximum atomic E-state index is 12.6. The number of alkyl halides is 2. The molecule has 1 saturated carbocycles. The zero-order valence-corrected chi connectivity index (χ0v) is 19.9. The fraction of sp³-hybridized carbons (Fsp3) is 0.500. The Morgan fingerprint density at radius 2 is 1.82 bits per heavy atom. The van der Waals surface area contributed by atoms with Crippen LogP contribution in [-0.2, 0) is 10.0 Å². The number of fused-ring (bicyclic) bond motifs is 1. The van der Waals surface area contributed by atoms with Crippen LogP contribution in [0.25, 0.3) is 0 Å². The number of benzene rings is 2. The second-order valence-corrected chi connectivity index (χ2v) is 12.2. The SMILES string of the molecule is CC(C)(C)S(=O)(=O)Nc1ccc(C2C(N)c3ccc(OCC(F)F)cc3N2C2CCC2)cc1. The van der Waals surface area contributed by atoms with Crippen LogP contribution >= 0.6 is 0 Å². The largest absolute Gasteiger partial charge is 0.488 e. The number of anilines is 2. The molecule has 2 aliphatic rings. The molecule has 6 nitrogen and oxygen atoms in total. The topological polar surface area (TPSA) is 84.7 Å². The highest BCUT2D eigenvalue weighted by Gasteiger charge is 2.42. The normalized spacial score (nSPS) is 21.1. The molecule has 0 aromatic heterocycles. The van der Waals surface area contributed by atoms with E-state index in [4.69, 9.17) is 10.5 Å². The molecule has 0 radical (unpaired) electrons. The van der Waals surface area contributed by atoms with Gasteiger partial charge in [-0.2, -0.15) is 0 Å². The third kappa shape index (κ3) is 4.66. The maximum Gasteiger partial charge on any atom is 0.272 e. The number of sulfonamides is 1. The molecule has 9 heteroatoms. The minimum absolute atomic E-state index is 0.135. The van der Waals surface area contributed by atoms with E-state index in [0.717, 1.165) is 36.1 Å². The van der Waals surface area contributed by atoms with Crippen molar-refractivity contribution < 1.29 is 21.9 Å². The average molecular weight is 480 g/mol. The summed E-state index contributed by atoms with van der Waals surface area (Å²) in [5.74, 6) is 0.401. The molecule has 4 rings (SSSR count). The molecule has 2 aromatic carbocycles. The van der Waals surface area contributed by atoms with Gasteiger partial charge in [0.2, 0.25) is 10.0 Å². The Balaban J connectivity index is 1.62. The van der Waals surface area contributed by atoms with Crippen LogP contribution in [0.4, 0.5) is 20.2 Å². The number of halogens is 2. The number of nitrogens with one attached hydrogen (secondary N) is 1. The van der Waals surface area contributed by atoms with E-state index >= 15 is 0 Å². The summed E-state index contributed by atoms with van der Waals surface area (Å²) in [7, 11) is -3.52. The van der Waals surface area contributed by atoms with Gasteiger partial charge in [-0.1, -0.05) is 18.2 Å². The number of nitrogens with two attached hydrogens (primary N) is 1. The van der Waals surface area contributed by atoms with Gasteiger partial charge in [0.05, 0.1) is 16.8 Å². The highest BCUT2D eigenvalue weighted by molar-refractivity contribution is 7.94. The fourth-order valence-corrected chi connectivity index (χ4v) is 5.04. The van der Waals surface area contributed by atoms with Crippen LogP contribution in [0.5, 0.6) is 5.75 Å². The molecule has 0 amide bonds. The van der Waals surface area contributed by atoms with Gasteiger partial charge >= 0.3 is 0 Å². The van der Waals surface area contributed by atoms with Crippen molar-refractivity contribution in [3.8, 4) is 5.75 Å². The van der Waals surface area contributed by atoms with Crippen LogP contribution in [0.3, 0.4) is 0 Å². The summed E-state index contributed by atoms with van der Waals surface area (Å²) in [5, 5.41) is 0. The van der Waals surface area contributed by atoms with E-state index in [1.807, 2.05) is 24.3 Å². The Kier molecular flexibility index (Phi) is 6.30. The number of nitrogens with zero attached hydrogens (tertiary/aromatic N) is 1. The summed E-state index contributed by atoms with van der Waals surface area (Å²) in [6.07, 6.45) is 0.668. The summed E-state index contributed by atoms with van der Waals surface area (Å²) in [6.45, 7) is 4.29. The number of ether oxygens (including phenoxy) is 1. The average Bonchev–Trinajstić information content (AvgIpc) is 2.96. The van der Waals surface area contributed by atoms with Gasteiger partial charge in [0.1, 0.15) is 12.4 Å². The predicted octanol–water partition coefficient (Wildman–Crippen LogP) is 4.98. The van der Waals surface area contributed by atoms with Crippen molar-refractivity contribution in [1.29, 1.82) is 0 Å². The van der Waals surface area contributed by atoms with Gasteiger partial charge in [-0.25, -0.2) is 17.2 Å². The standard InChI is InChI=1S/C24H31F2N3O3S/c1-24(2,3)33(30,31)28-16-9-7-15(8-10-16)23-22(27)19-12-11-18(32-14-21(25)26)13-20(19)29(23)17-5-4-6-17/h7-13,17,21-23,28H,4-6,14,27H2,1-3H3. The third-order valence-electron chi connectivity index (χ3n) is 6.43. The van der Waals surface area contributed by atoms with Crippen molar-refractivity contribution in [3.05, 3.63) is 53.6 Å². The van der Waals surface area contributed by atoms with Gasteiger partial charge in [-0.05, 0) is 69.4 Å². The molecule has 2 atom stereocenters. The Hall–Kier alpha value is -2.39. The fourth-order valence-electron chi connectivity index (χ4n) is 4.28. The first-order chi connectivity index (χ1) is 15.5. The molecule has 1 aliphatic heterocycles. The van der Waals surface area contributed by atoms with E-state index in [9.17, 15) is 17.2 Å². The molecule has 1 fully saturated rings. The highest BCUT2D eigenvalue weighted by atomic mass is 32.2. The summed E-state index contributed by atoms with van der Waals surface area (Å²) in [6, 6.07) is 12.5. The first kappa shape index (κ1) is 23.8.